The van der Waals surface area contributed by atoms with Crippen molar-refractivity contribution in [2.75, 3.05) is 24.6 Å². The molecule has 2 aliphatic heterocycles. The lowest BCUT2D eigenvalue weighted by Crippen LogP contribution is -2.49. The SMILES string of the molecule is O=C(c1ccc(F)cc1)N1CCC(O)(Cn2cnc3c(cnn3-c3ccc(-c4cnn(C5CS(=O)(=O)C5)c4)cc3)c2=O)CC1. The van der Waals surface area contributed by atoms with E-state index < -0.39 is 21.3 Å². The van der Waals surface area contributed by atoms with Gasteiger partial charge in [-0.3, -0.25) is 18.8 Å². The number of piperidine rings is 1. The molecule has 2 aliphatic rings. The number of carbonyl (C=O) groups is 1. The molecule has 2 fully saturated rings. The number of hydrogen-bond acceptors (Lipinski definition) is 8. The van der Waals surface area contributed by atoms with Crippen LogP contribution >= 0.6 is 0 Å². The Morgan fingerprint density at radius 2 is 1.68 bits per heavy atom. The normalized spacial score (nSPS) is 17.9. The van der Waals surface area contributed by atoms with Crippen LogP contribution in [-0.4, -0.2) is 83.6 Å². The van der Waals surface area contributed by atoms with Gasteiger partial charge in [-0.2, -0.15) is 10.2 Å². The number of amides is 1. The molecule has 0 atom stereocenters. The lowest BCUT2D eigenvalue weighted by molar-refractivity contribution is -0.0299. The number of fused-ring (bicyclic) bond motifs is 1. The maximum atomic E-state index is 13.4. The van der Waals surface area contributed by atoms with Crippen LogP contribution in [0.4, 0.5) is 4.39 Å². The van der Waals surface area contributed by atoms with Crippen molar-refractivity contribution in [3.8, 4) is 16.8 Å². The molecule has 14 heteroatoms. The molecule has 226 valence electrons. The van der Waals surface area contributed by atoms with Crippen LogP contribution in [0, 0.1) is 5.82 Å². The minimum absolute atomic E-state index is 0.0215. The first-order valence-corrected chi connectivity index (χ1v) is 16.0. The predicted molar refractivity (Wildman–Crippen MR) is 159 cm³/mol. The van der Waals surface area contributed by atoms with Crippen LogP contribution in [0.3, 0.4) is 0 Å². The zero-order chi connectivity index (χ0) is 30.6. The van der Waals surface area contributed by atoms with Crippen molar-refractivity contribution in [2.24, 2.45) is 0 Å². The molecule has 0 aliphatic carbocycles. The summed E-state index contributed by atoms with van der Waals surface area (Å²) < 4.78 is 40.9. The van der Waals surface area contributed by atoms with Gasteiger partial charge in [-0.15, -0.1) is 0 Å². The highest BCUT2D eigenvalue weighted by Gasteiger charge is 2.36. The van der Waals surface area contributed by atoms with E-state index in [0.29, 0.717) is 35.4 Å². The molecular weight excluding hydrogens is 589 g/mol. The number of hydrogen-bond donors (Lipinski definition) is 1. The first kappa shape index (κ1) is 28.1. The highest BCUT2D eigenvalue weighted by molar-refractivity contribution is 7.92. The Balaban J connectivity index is 1.04. The summed E-state index contributed by atoms with van der Waals surface area (Å²) in [7, 11) is -2.95. The minimum atomic E-state index is -2.95. The average molecular weight is 618 g/mol. The maximum Gasteiger partial charge on any atom is 0.264 e. The van der Waals surface area contributed by atoms with E-state index in [1.54, 1.807) is 20.5 Å². The summed E-state index contributed by atoms with van der Waals surface area (Å²) in [6.07, 6.45) is 6.95. The third kappa shape index (κ3) is 5.19. The van der Waals surface area contributed by atoms with Gasteiger partial charge in [0, 0.05) is 30.4 Å². The first-order valence-electron chi connectivity index (χ1n) is 14.1. The van der Waals surface area contributed by atoms with E-state index in [0.717, 1.165) is 11.1 Å². The maximum absolute atomic E-state index is 13.4. The fourth-order valence-corrected chi connectivity index (χ4v) is 7.18. The van der Waals surface area contributed by atoms with Crippen LogP contribution in [0.1, 0.15) is 29.2 Å². The molecule has 2 saturated heterocycles. The van der Waals surface area contributed by atoms with Crippen LogP contribution in [-0.2, 0) is 16.4 Å². The summed E-state index contributed by atoms with van der Waals surface area (Å²) in [5.41, 5.74) is 1.68. The molecular formula is C30H28FN7O5S. The molecule has 0 saturated carbocycles. The fraction of sp³-hybridized carbons (Fsp3) is 0.300. The molecule has 1 N–H and O–H groups in total. The Bertz CT molecular complexity index is 2030. The number of aromatic nitrogens is 6. The van der Waals surface area contributed by atoms with E-state index in [1.165, 1.54) is 41.4 Å². The number of likely N-dealkylation sites (tertiary alicyclic amines) is 1. The quantitative estimate of drug-likeness (QED) is 0.305. The third-order valence-electron chi connectivity index (χ3n) is 8.41. The van der Waals surface area contributed by atoms with Gasteiger partial charge >= 0.3 is 0 Å². The van der Waals surface area contributed by atoms with Crippen LogP contribution in [0.5, 0.6) is 0 Å². The standard InChI is InChI=1S/C30H28FN7O5S/c31-23-5-1-21(2-6-23)28(39)35-11-9-30(41,10-12-35)18-36-19-32-27-26(29(36)40)14-34-38(27)24-7-3-20(4-8-24)22-13-33-37(15-22)25-16-44(42,43)17-25/h1-8,13-15,19,25,41H,9-12,16-18H2. The third-order valence-corrected chi connectivity index (χ3v) is 10.2. The van der Waals surface area contributed by atoms with Gasteiger partial charge in [0.1, 0.15) is 17.5 Å². The van der Waals surface area contributed by atoms with E-state index in [2.05, 4.69) is 15.2 Å². The van der Waals surface area contributed by atoms with Crippen molar-refractivity contribution in [3.05, 3.63) is 95.2 Å². The van der Waals surface area contributed by atoms with E-state index in [-0.39, 0.29) is 48.4 Å². The van der Waals surface area contributed by atoms with Gasteiger partial charge in [-0.05, 0) is 54.8 Å². The van der Waals surface area contributed by atoms with Gasteiger partial charge in [0.05, 0.1) is 47.8 Å². The van der Waals surface area contributed by atoms with E-state index in [1.807, 2.05) is 30.5 Å². The lowest BCUT2D eigenvalue weighted by atomic mass is 9.91. The van der Waals surface area contributed by atoms with Gasteiger partial charge in [0.2, 0.25) is 0 Å². The predicted octanol–water partition coefficient (Wildman–Crippen LogP) is 2.22. The molecule has 0 spiro atoms. The van der Waals surface area contributed by atoms with E-state index in [4.69, 9.17) is 0 Å². The van der Waals surface area contributed by atoms with Crippen molar-refractivity contribution >= 4 is 26.8 Å². The molecule has 3 aromatic heterocycles. The second-order valence-electron chi connectivity index (χ2n) is 11.5. The first-order chi connectivity index (χ1) is 21.1. The topological polar surface area (TPSA) is 145 Å². The van der Waals surface area contributed by atoms with Crippen molar-refractivity contribution in [1.82, 2.24) is 34.0 Å². The molecule has 5 heterocycles. The fourth-order valence-electron chi connectivity index (χ4n) is 5.80. The Labute approximate surface area is 250 Å². The van der Waals surface area contributed by atoms with E-state index >= 15 is 0 Å². The molecule has 0 radical (unpaired) electrons. The van der Waals surface area contributed by atoms with Gasteiger partial charge in [0.15, 0.2) is 15.5 Å². The second-order valence-corrected chi connectivity index (χ2v) is 13.6. The van der Waals surface area contributed by atoms with Gasteiger partial charge < -0.3 is 10.0 Å². The number of aliphatic hydroxyl groups is 1. The number of halogens is 1. The Kier molecular flexibility index (Phi) is 6.70. The monoisotopic (exact) mass is 617 g/mol. The summed E-state index contributed by atoms with van der Waals surface area (Å²) in [6, 6.07) is 12.7. The molecule has 0 unspecified atom stereocenters. The molecule has 7 rings (SSSR count). The summed E-state index contributed by atoms with van der Waals surface area (Å²) in [5.74, 6) is -0.437. The lowest BCUT2D eigenvalue weighted by Gasteiger charge is -2.38. The Hall–Kier alpha value is -4.69. The van der Waals surface area contributed by atoms with Gasteiger partial charge in [-0.1, -0.05) is 12.1 Å². The van der Waals surface area contributed by atoms with Crippen LogP contribution in [0.2, 0.25) is 0 Å². The van der Waals surface area contributed by atoms with Crippen molar-refractivity contribution in [2.45, 2.75) is 31.0 Å². The largest absolute Gasteiger partial charge is 0.388 e. The van der Waals surface area contributed by atoms with Crippen LogP contribution in [0.15, 0.2) is 78.2 Å². The number of nitrogens with zero attached hydrogens (tertiary/aromatic N) is 7. The molecule has 1 amide bonds. The van der Waals surface area contributed by atoms with Crippen LogP contribution in [0.25, 0.3) is 27.8 Å². The number of sulfone groups is 1. The van der Waals surface area contributed by atoms with Gasteiger partial charge in [-0.25, -0.2) is 22.5 Å². The number of benzene rings is 2. The smallest absolute Gasteiger partial charge is 0.264 e. The number of carbonyl (C=O) groups excluding carboxylic acids is 1. The number of rotatable bonds is 6. The zero-order valence-corrected chi connectivity index (χ0v) is 24.3. The summed E-state index contributed by atoms with van der Waals surface area (Å²) >= 11 is 0. The molecule has 2 aromatic carbocycles. The average Bonchev–Trinajstić information content (AvgIpc) is 3.66. The molecule has 5 aromatic rings. The summed E-state index contributed by atoms with van der Waals surface area (Å²) in [4.78, 5) is 32.2. The molecule has 0 bridgehead atoms. The van der Waals surface area contributed by atoms with Crippen molar-refractivity contribution < 1.29 is 22.7 Å². The molecule has 44 heavy (non-hydrogen) atoms. The second kappa shape index (κ2) is 10.5. The Morgan fingerprint density at radius 3 is 2.36 bits per heavy atom. The molecule has 12 nitrogen and oxygen atoms in total. The highest BCUT2D eigenvalue weighted by atomic mass is 32.2. The Morgan fingerprint density at radius 1 is 0.977 bits per heavy atom. The van der Waals surface area contributed by atoms with Gasteiger partial charge in [0.25, 0.3) is 11.5 Å². The van der Waals surface area contributed by atoms with Crippen molar-refractivity contribution in [3.63, 3.8) is 0 Å². The van der Waals surface area contributed by atoms with Crippen molar-refractivity contribution in [1.29, 1.82) is 0 Å². The van der Waals surface area contributed by atoms with Crippen LogP contribution < -0.4 is 5.56 Å². The van der Waals surface area contributed by atoms with E-state index in [9.17, 15) is 27.5 Å². The highest BCUT2D eigenvalue weighted by Crippen LogP contribution is 2.28. The minimum Gasteiger partial charge on any atom is -0.388 e. The summed E-state index contributed by atoms with van der Waals surface area (Å²) in [5, 5.41) is 20.3. The summed E-state index contributed by atoms with van der Waals surface area (Å²) in [6.45, 7) is 0.621. The zero-order valence-electron chi connectivity index (χ0n) is 23.5.